The Kier molecular flexibility index (Phi) is 5.77. The topological polar surface area (TPSA) is 72.6 Å². The summed E-state index contributed by atoms with van der Waals surface area (Å²) in [5.74, 6) is 0.983. The summed E-state index contributed by atoms with van der Waals surface area (Å²) in [7, 11) is 0. The molecule has 144 valence electrons. The molecule has 0 fully saturated rings. The van der Waals surface area contributed by atoms with Crippen molar-refractivity contribution in [3.8, 4) is 6.07 Å². The molecule has 0 amide bonds. The number of aliphatic imine (C=N–C) groups is 2. The Hall–Kier alpha value is -2.76. The zero-order chi connectivity index (χ0) is 20.3. The number of guanidine groups is 1. The van der Waals surface area contributed by atoms with E-state index in [1.54, 1.807) is 12.1 Å². The molecule has 0 saturated heterocycles. The molecule has 0 radical (unpaired) electrons. The zero-order valence-electron chi connectivity index (χ0n) is 14.1. The molecule has 0 unspecified atom stereocenters. The smallest absolute Gasteiger partial charge is 0.326 e. The highest BCUT2D eigenvalue weighted by atomic mass is 35.5. The highest BCUT2D eigenvalue weighted by Crippen LogP contribution is 2.29. The fourth-order valence-electron chi connectivity index (χ4n) is 2.40. The number of alkyl halides is 3. The maximum Gasteiger partial charge on any atom is 0.416 e. The zero-order valence-corrected chi connectivity index (χ0v) is 15.6. The van der Waals surface area contributed by atoms with E-state index in [-0.39, 0.29) is 22.2 Å². The minimum absolute atomic E-state index is 0.189. The van der Waals surface area contributed by atoms with E-state index >= 15 is 0 Å². The fourth-order valence-corrected chi connectivity index (χ4v) is 2.98. The van der Waals surface area contributed by atoms with Crippen molar-refractivity contribution >= 4 is 40.7 Å². The SMILES string of the molecule is N#Cc1c(Cl)cc(NC2=NCC(=NCc3ccc(C(F)(F)F)cc3)N2)cc1Cl. The van der Waals surface area contributed by atoms with Crippen molar-refractivity contribution in [1.82, 2.24) is 5.32 Å². The number of nitrogens with zero attached hydrogens (tertiary/aromatic N) is 3. The number of benzene rings is 2. The van der Waals surface area contributed by atoms with Crippen LogP contribution in [0.3, 0.4) is 0 Å². The number of anilines is 1. The molecule has 1 aliphatic rings. The average Bonchev–Trinajstić information content (AvgIpc) is 3.07. The van der Waals surface area contributed by atoms with E-state index in [1.165, 1.54) is 12.1 Å². The van der Waals surface area contributed by atoms with Gasteiger partial charge in [-0.15, -0.1) is 0 Å². The molecule has 0 aliphatic carbocycles. The second-order valence-electron chi connectivity index (χ2n) is 5.80. The Bertz CT molecular complexity index is 969. The molecule has 2 aromatic carbocycles. The van der Waals surface area contributed by atoms with Gasteiger partial charge < -0.3 is 10.6 Å². The van der Waals surface area contributed by atoms with E-state index in [2.05, 4.69) is 20.6 Å². The van der Waals surface area contributed by atoms with Crippen LogP contribution in [0.1, 0.15) is 16.7 Å². The highest BCUT2D eigenvalue weighted by Gasteiger charge is 2.29. The second kappa shape index (κ2) is 8.09. The second-order valence-corrected chi connectivity index (χ2v) is 6.61. The van der Waals surface area contributed by atoms with Crippen molar-refractivity contribution in [3.63, 3.8) is 0 Å². The van der Waals surface area contributed by atoms with E-state index in [1.807, 2.05) is 6.07 Å². The van der Waals surface area contributed by atoms with Crippen molar-refractivity contribution in [2.75, 3.05) is 11.9 Å². The minimum atomic E-state index is -4.36. The van der Waals surface area contributed by atoms with Gasteiger partial charge in [0, 0.05) is 5.69 Å². The van der Waals surface area contributed by atoms with Crippen molar-refractivity contribution in [2.45, 2.75) is 12.7 Å². The van der Waals surface area contributed by atoms with Gasteiger partial charge >= 0.3 is 6.18 Å². The Morgan fingerprint density at radius 3 is 2.39 bits per heavy atom. The summed E-state index contributed by atoms with van der Waals surface area (Å²) in [6.07, 6.45) is -4.36. The summed E-state index contributed by atoms with van der Waals surface area (Å²) in [4.78, 5) is 8.55. The lowest BCUT2D eigenvalue weighted by atomic mass is 10.1. The number of halogens is 5. The Balaban J connectivity index is 1.60. The first kappa shape index (κ1) is 20.0. The summed E-state index contributed by atoms with van der Waals surface area (Å²) in [6, 6.07) is 9.85. The molecular formula is C18H12Cl2F3N5. The first-order valence-electron chi connectivity index (χ1n) is 7.93. The molecule has 1 aliphatic heterocycles. The van der Waals surface area contributed by atoms with Gasteiger partial charge in [0.25, 0.3) is 0 Å². The predicted molar refractivity (Wildman–Crippen MR) is 103 cm³/mol. The number of amidine groups is 1. The van der Waals surface area contributed by atoms with E-state index in [9.17, 15) is 13.2 Å². The van der Waals surface area contributed by atoms with Gasteiger partial charge in [-0.05, 0) is 29.8 Å². The maximum absolute atomic E-state index is 12.6. The van der Waals surface area contributed by atoms with E-state index in [4.69, 9.17) is 28.5 Å². The monoisotopic (exact) mass is 425 g/mol. The molecule has 0 aromatic heterocycles. The third kappa shape index (κ3) is 4.74. The van der Waals surface area contributed by atoms with Crippen LogP contribution in [0.25, 0.3) is 0 Å². The number of nitriles is 1. The van der Waals surface area contributed by atoms with Crippen LogP contribution in [-0.2, 0) is 12.7 Å². The van der Waals surface area contributed by atoms with Gasteiger partial charge in [-0.25, -0.2) is 4.99 Å². The quantitative estimate of drug-likeness (QED) is 0.737. The lowest BCUT2D eigenvalue weighted by Gasteiger charge is -2.09. The van der Waals surface area contributed by atoms with Crippen molar-refractivity contribution in [1.29, 1.82) is 5.26 Å². The molecule has 0 bridgehead atoms. The lowest BCUT2D eigenvalue weighted by Crippen LogP contribution is -2.30. The van der Waals surface area contributed by atoms with Gasteiger partial charge in [0.15, 0.2) is 0 Å². The lowest BCUT2D eigenvalue weighted by molar-refractivity contribution is -0.137. The van der Waals surface area contributed by atoms with Crippen molar-refractivity contribution < 1.29 is 13.2 Å². The Morgan fingerprint density at radius 1 is 1.18 bits per heavy atom. The van der Waals surface area contributed by atoms with Crippen LogP contribution in [0.5, 0.6) is 0 Å². The molecular weight excluding hydrogens is 414 g/mol. The molecule has 10 heteroatoms. The molecule has 2 N–H and O–H groups in total. The van der Waals surface area contributed by atoms with Crippen molar-refractivity contribution in [3.05, 3.63) is 63.1 Å². The van der Waals surface area contributed by atoms with Gasteiger partial charge in [-0.3, -0.25) is 4.99 Å². The van der Waals surface area contributed by atoms with E-state index in [0.717, 1.165) is 12.1 Å². The van der Waals surface area contributed by atoms with Gasteiger partial charge in [-0.1, -0.05) is 35.3 Å². The van der Waals surface area contributed by atoms with E-state index in [0.29, 0.717) is 29.6 Å². The molecule has 28 heavy (non-hydrogen) atoms. The first-order chi connectivity index (χ1) is 13.3. The predicted octanol–water partition coefficient (Wildman–Crippen LogP) is 4.85. The summed E-state index contributed by atoms with van der Waals surface area (Å²) >= 11 is 12.0. The van der Waals surface area contributed by atoms with Gasteiger partial charge in [0.1, 0.15) is 18.4 Å². The number of hydrogen-bond donors (Lipinski definition) is 2. The third-order valence-corrected chi connectivity index (χ3v) is 4.40. The minimum Gasteiger partial charge on any atom is -0.326 e. The Morgan fingerprint density at radius 2 is 1.82 bits per heavy atom. The number of rotatable bonds is 3. The molecule has 0 atom stereocenters. The third-order valence-electron chi connectivity index (χ3n) is 3.80. The number of hydrogen-bond acceptors (Lipinski definition) is 4. The van der Waals surface area contributed by atoms with Crippen molar-refractivity contribution in [2.24, 2.45) is 9.98 Å². The van der Waals surface area contributed by atoms with Crippen LogP contribution in [0.2, 0.25) is 10.0 Å². The average molecular weight is 426 g/mol. The van der Waals surface area contributed by atoms with Crippen LogP contribution in [0, 0.1) is 11.3 Å². The standard InChI is InChI=1S/C18H12Cl2F3N5/c19-14-5-12(6-15(20)13(14)7-24)27-17-26-9-16(28-17)25-8-10-1-3-11(4-2-10)18(21,22)23/h1-6H,8-9H2,(H2,25,26,27,28). The number of nitrogens with one attached hydrogen (secondary N) is 2. The molecule has 5 nitrogen and oxygen atoms in total. The summed E-state index contributed by atoms with van der Waals surface area (Å²) in [6.45, 7) is 0.512. The first-order valence-corrected chi connectivity index (χ1v) is 8.69. The van der Waals surface area contributed by atoms with Crippen LogP contribution in [0.4, 0.5) is 18.9 Å². The Labute approximate surface area is 168 Å². The van der Waals surface area contributed by atoms with Gasteiger partial charge in [-0.2, -0.15) is 18.4 Å². The summed E-state index contributed by atoms with van der Waals surface area (Å²) in [5.41, 5.74) is 0.685. The highest BCUT2D eigenvalue weighted by molar-refractivity contribution is 6.37. The van der Waals surface area contributed by atoms with E-state index < -0.39 is 11.7 Å². The van der Waals surface area contributed by atoms with Crippen LogP contribution in [0.15, 0.2) is 46.4 Å². The van der Waals surface area contributed by atoms with Crippen LogP contribution >= 0.6 is 23.2 Å². The molecule has 1 heterocycles. The van der Waals surface area contributed by atoms with Gasteiger partial charge in [0.05, 0.1) is 27.7 Å². The summed E-state index contributed by atoms with van der Waals surface area (Å²) in [5, 5.41) is 15.4. The maximum atomic E-state index is 12.6. The largest absolute Gasteiger partial charge is 0.416 e. The van der Waals surface area contributed by atoms with Crippen LogP contribution < -0.4 is 10.6 Å². The molecule has 0 saturated carbocycles. The normalized spacial score (nSPS) is 15.1. The molecule has 0 spiro atoms. The summed E-state index contributed by atoms with van der Waals surface area (Å²) < 4.78 is 37.7. The fraction of sp³-hybridized carbons (Fsp3) is 0.167. The molecule has 2 aromatic rings. The van der Waals surface area contributed by atoms with Crippen LogP contribution in [-0.4, -0.2) is 18.3 Å². The molecule has 3 rings (SSSR count). The van der Waals surface area contributed by atoms with Gasteiger partial charge in [0.2, 0.25) is 5.96 Å².